The zero-order valence-corrected chi connectivity index (χ0v) is 18.5. The zero-order valence-electron chi connectivity index (χ0n) is 17.7. The average molecular weight is 426 g/mol. The molecule has 3 aromatic carbocycles. The molecule has 0 bridgehead atoms. The van der Waals surface area contributed by atoms with Gasteiger partial charge in [-0.05, 0) is 74.7 Å². The van der Waals surface area contributed by atoms with Crippen LogP contribution in [0.2, 0.25) is 0 Å². The van der Waals surface area contributed by atoms with Crippen LogP contribution in [-0.4, -0.2) is 15.0 Å². The van der Waals surface area contributed by atoms with Crippen LogP contribution in [0.5, 0.6) is 11.5 Å². The van der Waals surface area contributed by atoms with Gasteiger partial charge in [0.1, 0.15) is 4.90 Å². The van der Waals surface area contributed by atoms with Crippen molar-refractivity contribution in [2.24, 2.45) is 0 Å². The van der Waals surface area contributed by atoms with E-state index in [2.05, 4.69) is 37.4 Å². The molecule has 0 saturated heterocycles. The predicted octanol–water partition coefficient (Wildman–Crippen LogP) is 5.39. The van der Waals surface area contributed by atoms with Crippen LogP contribution < -0.4 is 14.2 Å². The lowest BCUT2D eigenvalue weighted by Crippen LogP contribution is -2.11. The molecule has 0 radical (unpaired) electrons. The van der Waals surface area contributed by atoms with Crippen LogP contribution >= 0.6 is 0 Å². The number of hydrogen-bond acceptors (Lipinski definition) is 5. The van der Waals surface area contributed by atoms with Crippen molar-refractivity contribution in [1.29, 1.82) is 0 Å². The number of benzene rings is 3. The van der Waals surface area contributed by atoms with Gasteiger partial charge >= 0.3 is 10.1 Å². The Morgan fingerprint density at radius 3 is 2.23 bits per heavy atom. The van der Waals surface area contributed by atoms with Crippen LogP contribution in [0, 0.1) is 20.8 Å². The molecular weight excluding hydrogens is 398 g/mol. The second-order valence-electron chi connectivity index (χ2n) is 7.24. The van der Waals surface area contributed by atoms with Crippen LogP contribution in [0.3, 0.4) is 0 Å². The Morgan fingerprint density at radius 2 is 1.53 bits per heavy atom. The Hall–Kier alpha value is -2.99. The molecule has 0 aromatic heterocycles. The summed E-state index contributed by atoms with van der Waals surface area (Å²) < 4.78 is 36.3. The van der Waals surface area contributed by atoms with Crippen molar-refractivity contribution >= 4 is 15.8 Å². The summed E-state index contributed by atoms with van der Waals surface area (Å²) >= 11 is 0. The minimum atomic E-state index is -3.95. The zero-order chi connectivity index (χ0) is 21.7. The van der Waals surface area contributed by atoms with Crippen molar-refractivity contribution in [3.05, 3.63) is 82.9 Å². The smallest absolute Gasteiger partial charge is 0.339 e. The maximum Gasteiger partial charge on any atom is 0.339 e. The van der Waals surface area contributed by atoms with Gasteiger partial charge in [0.2, 0.25) is 0 Å². The summed E-state index contributed by atoms with van der Waals surface area (Å²) in [6.45, 7) is 8.83. The lowest BCUT2D eigenvalue weighted by Gasteiger charge is -2.15. The highest BCUT2D eigenvalue weighted by Gasteiger charge is 2.19. The summed E-state index contributed by atoms with van der Waals surface area (Å²) in [5.74, 6) is 0.571. The van der Waals surface area contributed by atoms with Crippen molar-refractivity contribution in [1.82, 2.24) is 0 Å². The molecule has 3 aromatic rings. The third-order valence-electron chi connectivity index (χ3n) is 4.69. The molecule has 1 N–H and O–H groups in total. The third-order valence-corrected chi connectivity index (χ3v) is 5.94. The van der Waals surface area contributed by atoms with Crippen LogP contribution in [-0.2, 0) is 16.7 Å². The van der Waals surface area contributed by atoms with Crippen LogP contribution in [0.25, 0.3) is 0 Å². The molecule has 0 fully saturated rings. The van der Waals surface area contributed by atoms with E-state index in [-0.39, 0.29) is 10.6 Å². The number of ether oxygens (including phenoxy) is 1. The maximum atomic E-state index is 12.6. The summed E-state index contributed by atoms with van der Waals surface area (Å²) in [5.41, 5.74) is 5.34. The van der Waals surface area contributed by atoms with E-state index >= 15 is 0 Å². The Labute approximate surface area is 178 Å². The molecule has 0 unspecified atom stereocenters. The minimum Gasteiger partial charge on any atom is -0.490 e. The first kappa shape index (κ1) is 21.7. The Balaban J connectivity index is 1.81. The highest BCUT2D eigenvalue weighted by atomic mass is 32.2. The van der Waals surface area contributed by atoms with Gasteiger partial charge in [0, 0.05) is 12.2 Å². The Kier molecular flexibility index (Phi) is 6.67. The van der Waals surface area contributed by atoms with Gasteiger partial charge in [0.05, 0.1) is 6.61 Å². The molecule has 0 heterocycles. The first-order valence-corrected chi connectivity index (χ1v) is 11.3. The molecule has 0 spiro atoms. The van der Waals surface area contributed by atoms with E-state index in [1.807, 2.05) is 26.0 Å². The largest absolute Gasteiger partial charge is 0.490 e. The van der Waals surface area contributed by atoms with E-state index in [1.54, 1.807) is 18.2 Å². The summed E-state index contributed by atoms with van der Waals surface area (Å²) in [6.07, 6.45) is 0. The number of nitrogens with one attached hydrogen (secondary N) is 1. The molecule has 0 aliphatic heterocycles. The molecule has 0 aliphatic carbocycles. The molecule has 0 saturated carbocycles. The predicted molar refractivity (Wildman–Crippen MR) is 120 cm³/mol. The quantitative estimate of drug-likeness (QED) is 0.490. The number of rotatable bonds is 8. The van der Waals surface area contributed by atoms with Crippen molar-refractivity contribution in [2.75, 3.05) is 11.9 Å². The third kappa shape index (κ3) is 5.33. The van der Waals surface area contributed by atoms with Crippen molar-refractivity contribution in [2.45, 2.75) is 39.1 Å². The summed E-state index contributed by atoms with van der Waals surface area (Å²) in [7, 11) is -3.95. The maximum absolute atomic E-state index is 12.6. The monoisotopic (exact) mass is 425 g/mol. The second-order valence-corrected chi connectivity index (χ2v) is 8.78. The fourth-order valence-corrected chi connectivity index (χ4v) is 3.93. The summed E-state index contributed by atoms with van der Waals surface area (Å²) in [6, 6.07) is 18.1. The molecule has 158 valence electrons. The minimum absolute atomic E-state index is 0.108. The topological polar surface area (TPSA) is 64.6 Å². The standard InChI is InChI=1S/C24H27NO4S/c1-5-28-24-15-20(16-25-22-14-18(3)6-9-19(22)4)10-13-23(24)29-30(26,27)21-11-7-17(2)8-12-21/h6-15,25H,5,16H2,1-4H3. The van der Waals surface area contributed by atoms with E-state index in [0.29, 0.717) is 18.9 Å². The average Bonchev–Trinajstić information content (AvgIpc) is 2.71. The lowest BCUT2D eigenvalue weighted by atomic mass is 10.1. The van der Waals surface area contributed by atoms with E-state index in [1.165, 1.54) is 17.7 Å². The lowest BCUT2D eigenvalue weighted by molar-refractivity contribution is 0.327. The van der Waals surface area contributed by atoms with Gasteiger partial charge in [0.15, 0.2) is 11.5 Å². The van der Waals surface area contributed by atoms with Crippen LogP contribution in [0.15, 0.2) is 65.6 Å². The molecule has 0 atom stereocenters. The second kappa shape index (κ2) is 9.22. The van der Waals surface area contributed by atoms with Gasteiger partial charge in [-0.15, -0.1) is 0 Å². The van der Waals surface area contributed by atoms with E-state index in [9.17, 15) is 8.42 Å². The van der Waals surface area contributed by atoms with Crippen molar-refractivity contribution in [3.63, 3.8) is 0 Å². The van der Waals surface area contributed by atoms with E-state index < -0.39 is 10.1 Å². The number of hydrogen-bond donors (Lipinski definition) is 1. The van der Waals surface area contributed by atoms with Crippen molar-refractivity contribution in [3.8, 4) is 11.5 Å². The fourth-order valence-electron chi connectivity index (χ4n) is 2.99. The molecule has 6 heteroatoms. The van der Waals surface area contributed by atoms with Gasteiger partial charge in [-0.1, -0.05) is 35.9 Å². The molecule has 30 heavy (non-hydrogen) atoms. The first-order chi connectivity index (χ1) is 14.3. The fraction of sp³-hybridized carbons (Fsp3) is 0.250. The van der Waals surface area contributed by atoms with Crippen molar-refractivity contribution < 1.29 is 17.3 Å². The molecule has 0 aliphatic rings. The molecule has 5 nitrogen and oxygen atoms in total. The van der Waals surface area contributed by atoms with Gasteiger partial charge in [0.25, 0.3) is 0 Å². The van der Waals surface area contributed by atoms with E-state index in [4.69, 9.17) is 8.92 Å². The summed E-state index contributed by atoms with van der Waals surface area (Å²) in [5, 5.41) is 3.42. The number of aryl methyl sites for hydroxylation is 3. The van der Waals surface area contributed by atoms with Gasteiger partial charge < -0.3 is 14.2 Å². The van der Waals surface area contributed by atoms with Crippen LogP contribution in [0.1, 0.15) is 29.2 Å². The highest BCUT2D eigenvalue weighted by molar-refractivity contribution is 7.87. The Morgan fingerprint density at radius 1 is 0.833 bits per heavy atom. The van der Waals surface area contributed by atoms with Gasteiger partial charge in [-0.3, -0.25) is 0 Å². The molecule has 3 rings (SSSR count). The SMILES string of the molecule is CCOc1cc(CNc2cc(C)ccc2C)ccc1OS(=O)(=O)c1ccc(C)cc1. The number of anilines is 1. The van der Waals surface area contributed by atoms with E-state index in [0.717, 1.165) is 22.4 Å². The molecular formula is C24H27NO4S. The normalized spacial score (nSPS) is 11.2. The van der Waals surface area contributed by atoms with Gasteiger partial charge in [-0.2, -0.15) is 8.42 Å². The molecule has 0 amide bonds. The van der Waals surface area contributed by atoms with Crippen LogP contribution in [0.4, 0.5) is 5.69 Å². The first-order valence-electron chi connectivity index (χ1n) is 9.86. The highest BCUT2D eigenvalue weighted by Crippen LogP contribution is 2.31. The summed E-state index contributed by atoms with van der Waals surface area (Å²) in [4.78, 5) is 0.108. The Bertz CT molecular complexity index is 1120. The van der Waals surface area contributed by atoms with Gasteiger partial charge in [-0.25, -0.2) is 0 Å².